The van der Waals surface area contributed by atoms with Gasteiger partial charge in [-0.15, -0.1) is 0 Å². The molecule has 0 radical (unpaired) electrons. The van der Waals surface area contributed by atoms with Crippen molar-refractivity contribution < 1.29 is 29.3 Å². The molecule has 5 atom stereocenters. The van der Waals surface area contributed by atoms with Gasteiger partial charge in [-0.05, 0) is 6.92 Å². The van der Waals surface area contributed by atoms with Crippen molar-refractivity contribution in [1.82, 2.24) is 0 Å². The molecule has 0 amide bonds. The molecule has 0 aromatic heterocycles. The maximum atomic E-state index is 10.9. The molecule has 72 valence electrons. The molecule has 0 aromatic rings. The smallest absolute Gasteiger partial charge is 0.359 e. The Morgan fingerprint density at radius 3 is 2.25 bits per heavy atom. The molecule has 0 spiro atoms. The molecule has 1 aliphatic heterocycles. The van der Waals surface area contributed by atoms with Crippen LogP contribution < -0.4 is 0 Å². The van der Waals surface area contributed by atoms with Gasteiger partial charge in [-0.1, -0.05) is 0 Å². The highest BCUT2D eigenvalue weighted by Gasteiger charge is 2.48. The van der Waals surface area contributed by atoms with E-state index in [1.54, 1.807) is 0 Å². The summed E-state index contributed by atoms with van der Waals surface area (Å²) in [6.45, 7) is 1.34. The minimum Gasteiger partial charge on any atom is -0.388 e. The Labute approximate surface area is 68.9 Å². The summed E-state index contributed by atoms with van der Waals surface area (Å²) in [6.07, 6.45) is -3.93. The van der Waals surface area contributed by atoms with Crippen LogP contribution in [-0.4, -0.2) is 44.4 Å². The van der Waals surface area contributed by atoms with E-state index in [9.17, 15) is 4.57 Å². The van der Waals surface area contributed by atoms with Crippen LogP contribution in [0.15, 0.2) is 0 Å². The van der Waals surface area contributed by atoms with Crippen molar-refractivity contribution in [1.29, 1.82) is 0 Å². The SMILES string of the molecule is C[C@H]1OP(=O)(O)[C@@H](O)[C@@H](O)[C@@H]1O. The summed E-state index contributed by atoms with van der Waals surface area (Å²) >= 11 is 0. The third-order valence-electron chi connectivity index (χ3n) is 1.79. The predicted molar refractivity (Wildman–Crippen MR) is 38.4 cm³/mol. The lowest BCUT2D eigenvalue weighted by molar-refractivity contribution is -0.106. The minimum atomic E-state index is -4.18. The molecular formula is C5H11O6P. The van der Waals surface area contributed by atoms with Gasteiger partial charge in [0.25, 0.3) is 0 Å². The normalized spacial score (nSPS) is 55.4. The maximum absolute atomic E-state index is 10.9. The fourth-order valence-corrected chi connectivity index (χ4v) is 2.30. The van der Waals surface area contributed by atoms with E-state index in [1.807, 2.05) is 0 Å². The van der Waals surface area contributed by atoms with E-state index in [0.717, 1.165) is 0 Å². The molecule has 12 heavy (non-hydrogen) atoms. The molecule has 1 aliphatic rings. The number of hydrogen-bond acceptors (Lipinski definition) is 5. The van der Waals surface area contributed by atoms with Crippen molar-refractivity contribution in [2.75, 3.05) is 0 Å². The fourth-order valence-electron chi connectivity index (χ4n) is 1.01. The predicted octanol–water partition coefficient (Wildman–Crippen LogP) is -1.37. The minimum absolute atomic E-state index is 0.959. The Kier molecular flexibility index (Phi) is 2.58. The molecule has 0 bridgehead atoms. The Balaban J connectivity index is 2.85. The summed E-state index contributed by atoms with van der Waals surface area (Å²) in [5, 5.41) is 27.1. The summed E-state index contributed by atoms with van der Waals surface area (Å²) in [5.74, 6) is -1.93. The van der Waals surface area contributed by atoms with Crippen LogP contribution in [0.3, 0.4) is 0 Å². The van der Waals surface area contributed by atoms with Crippen LogP contribution in [0.2, 0.25) is 0 Å². The first-order chi connectivity index (χ1) is 5.36. The molecular weight excluding hydrogens is 187 g/mol. The van der Waals surface area contributed by atoms with Gasteiger partial charge >= 0.3 is 7.60 Å². The maximum Gasteiger partial charge on any atom is 0.359 e. The Bertz CT molecular complexity index is 218. The Hall–Kier alpha value is 0.0300. The summed E-state index contributed by atoms with van der Waals surface area (Å²) < 4.78 is 15.4. The van der Waals surface area contributed by atoms with Crippen molar-refractivity contribution >= 4 is 7.60 Å². The molecule has 0 saturated carbocycles. The average Bonchev–Trinajstić information content (AvgIpc) is 1.97. The summed E-state index contributed by atoms with van der Waals surface area (Å²) in [4.78, 5) is 8.91. The van der Waals surface area contributed by atoms with Gasteiger partial charge in [0.1, 0.15) is 12.2 Å². The fraction of sp³-hybridized carbons (Fsp3) is 1.00. The zero-order chi connectivity index (χ0) is 9.52. The molecule has 4 N–H and O–H groups in total. The van der Waals surface area contributed by atoms with E-state index >= 15 is 0 Å². The lowest BCUT2D eigenvalue weighted by Crippen LogP contribution is -2.48. The van der Waals surface area contributed by atoms with E-state index in [-0.39, 0.29) is 0 Å². The molecule has 1 saturated heterocycles. The second-order valence-electron chi connectivity index (χ2n) is 2.77. The molecule has 1 unspecified atom stereocenters. The molecule has 1 fully saturated rings. The number of hydrogen-bond donors (Lipinski definition) is 4. The Morgan fingerprint density at radius 2 is 1.75 bits per heavy atom. The van der Waals surface area contributed by atoms with Crippen molar-refractivity contribution in [3.05, 3.63) is 0 Å². The van der Waals surface area contributed by atoms with Crippen LogP contribution in [-0.2, 0) is 9.09 Å². The van der Waals surface area contributed by atoms with Crippen LogP contribution in [0, 0.1) is 0 Å². The molecule has 7 heteroatoms. The van der Waals surface area contributed by atoms with Crippen molar-refractivity contribution in [3.8, 4) is 0 Å². The van der Waals surface area contributed by atoms with Gasteiger partial charge in [-0.3, -0.25) is 4.57 Å². The van der Waals surface area contributed by atoms with Crippen LogP contribution >= 0.6 is 7.60 Å². The van der Waals surface area contributed by atoms with Gasteiger partial charge in [-0.25, -0.2) is 0 Å². The quantitative estimate of drug-likeness (QED) is 0.358. The van der Waals surface area contributed by atoms with E-state index in [1.165, 1.54) is 6.92 Å². The second kappa shape index (κ2) is 3.06. The van der Waals surface area contributed by atoms with E-state index in [2.05, 4.69) is 4.52 Å². The van der Waals surface area contributed by atoms with Crippen molar-refractivity contribution in [3.63, 3.8) is 0 Å². The Morgan fingerprint density at radius 1 is 1.25 bits per heavy atom. The van der Waals surface area contributed by atoms with Crippen molar-refractivity contribution in [2.24, 2.45) is 0 Å². The molecule has 0 aliphatic carbocycles. The summed E-state index contributed by atoms with van der Waals surface area (Å²) in [5.41, 5.74) is 0. The molecule has 1 rings (SSSR count). The van der Waals surface area contributed by atoms with Gasteiger partial charge in [0, 0.05) is 0 Å². The van der Waals surface area contributed by atoms with Crippen molar-refractivity contribution in [2.45, 2.75) is 31.1 Å². The molecule has 1 heterocycles. The zero-order valence-corrected chi connectivity index (χ0v) is 7.26. The number of aliphatic hydroxyl groups is 3. The standard InChI is InChI=1S/C5H11O6P/c1-2-3(6)4(7)5(8)12(9,10)11-2/h2-8H,1H3,(H,9,10)/t2-,3-,4+,5-/m1/s1. The zero-order valence-electron chi connectivity index (χ0n) is 6.36. The highest BCUT2D eigenvalue weighted by molar-refractivity contribution is 7.53. The highest BCUT2D eigenvalue weighted by atomic mass is 31.2. The van der Waals surface area contributed by atoms with E-state index in [0.29, 0.717) is 0 Å². The monoisotopic (exact) mass is 198 g/mol. The van der Waals surface area contributed by atoms with Gasteiger partial charge in [-0.2, -0.15) is 0 Å². The number of aliphatic hydroxyl groups excluding tert-OH is 3. The van der Waals surface area contributed by atoms with Gasteiger partial charge < -0.3 is 24.7 Å². The van der Waals surface area contributed by atoms with Gasteiger partial charge in [0.15, 0.2) is 5.85 Å². The van der Waals surface area contributed by atoms with E-state index in [4.69, 9.17) is 20.2 Å². The first-order valence-electron chi connectivity index (χ1n) is 3.41. The first-order valence-corrected chi connectivity index (χ1v) is 5.06. The van der Waals surface area contributed by atoms with E-state index < -0.39 is 31.8 Å². The molecule has 6 nitrogen and oxygen atoms in total. The van der Waals surface area contributed by atoms with Crippen LogP contribution in [0.4, 0.5) is 0 Å². The largest absolute Gasteiger partial charge is 0.388 e. The van der Waals surface area contributed by atoms with Gasteiger partial charge in [0.05, 0.1) is 6.10 Å². The van der Waals surface area contributed by atoms with Crippen LogP contribution in [0.25, 0.3) is 0 Å². The third kappa shape index (κ3) is 1.54. The topological polar surface area (TPSA) is 107 Å². The van der Waals surface area contributed by atoms with Crippen LogP contribution in [0.5, 0.6) is 0 Å². The van der Waals surface area contributed by atoms with Gasteiger partial charge in [0.2, 0.25) is 0 Å². The first kappa shape index (κ1) is 10.1. The highest BCUT2D eigenvalue weighted by Crippen LogP contribution is 2.52. The average molecular weight is 198 g/mol. The lowest BCUT2D eigenvalue weighted by atomic mass is 10.1. The second-order valence-corrected chi connectivity index (χ2v) is 4.64. The third-order valence-corrected chi connectivity index (χ3v) is 3.40. The number of rotatable bonds is 0. The van der Waals surface area contributed by atoms with Crippen LogP contribution in [0.1, 0.15) is 6.92 Å². The molecule has 0 aromatic carbocycles. The summed E-state index contributed by atoms with van der Waals surface area (Å²) in [6, 6.07) is 0. The summed E-state index contributed by atoms with van der Waals surface area (Å²) in [7, 11) is -4.18. The lowest BCUT2D eigenvalue weighted by Gasteiger charge is -2.35.